The summed E-state index contributed by atoms with van der Waals surface area (Å²) < 4.78 is 2.54. The van der Waals surface area contributed by atoms with Gasteiger partial charge in [-0.25, -0.2) is 0 Å². The van der Waals surface area contributed by atoms with Crippen LogP contribution in [0.25, 0.3) is 0 Å². The molecule has 0 spiro atoms. The first-order valence-electron chi connectivity index (χ1n) is 5.53. The second-order valence-electron chi connectivity index (χ2n) is 3.89. The van der Waals surface area contributed by atoms with Crippen molar-refractivity contribution in [1.29, 1.82) is 0 Å². The first-order valence-corrected chi connectivity index (χ1v) is 7.17. The maximum Gasteiger partial charge on any atom is 0.249 e. The van der Waals surface area contributed by atoms with E-state index in [1.807, 2.05) is 30.3 Å². The highest BCUT2D eigenvalue weighted by Gasteiger charge is 2.36. The third-order valence-electron chi connectivity index (χ3n) is 2.40. The lowest BCUT2D eigenvalue weighted by atomic mass is 10.0. The van der Waals surface area contributed by atoms with Crippen LogP contribution < -0.4 is 4.72 Å². The van der Waals surface area contributed by atoms with Gasteiger partial charge in [-0.2, -0.15) is 0 Å². The Labute approximate surface area is 119 Å². The highest BCUT2D eigenvalue weighted by atomic mass is 32.2. The van der Waals surface area contributed by atoms with Crippen LogP contribution in [0.4, 0.5) is 0 Å². The number of allylic oxidation sites excluding steroid dienone is 2. The second kappa shape index (κ2) is 6.08. The standard InChI is InChI=1S/C13H11NO3S2/c1-8-7-10(15)11(13(17)18-8)12(16)14-19-9-5-3-2-4-6-9/h2-7,11H,1H3,(H,14,16). The van der Waals surface area contributed by atoms with E-state index in [4.69, 9.17) is 0 Å². The Bertz CT molecular complexity index is 554. The van der Waals surface area contributed by atoms with Crippen molar-refractivity contribution < 1.29 is 14.4 Å². The normalized spacial score (nSPS) is 19.0. The SMILES string of the molecule is CC1=CC(=O)C(C(=O)NSc2ccccc2)C(=O)S1. The molecule has 0 radical (unpaired) electrons. The molecule has 0 bridgehead atoms. The molecule has 0 fully saturated rings. The van der Waals surface area contributed by atoms with Gasteiger partial charge in [0.05, 0.1) is 0 Å². The summed E-state index contributed by atoms with van der Waals surface area (Å²) in [7, 11) is 0. The fourth-order valence-corrected chi connectivity index (χ4v) is 3.00. The summed E-state index contributed by atoms with van der Waals surface area (Å²) >= 11 is 2.03. The number of hydrogen-bond acceptors (Lipinski definition) is 5. The smallest absolute Gasteiger partial charge is 0.249 e. The van der Waals surface area contributed by atoms with Crippen molar-refractivity contribution in [3.8, 4) is 0 Å². The van der Waals surface area contributed by atoms with Crippen LogP contribution in [0.1, 0.15) is 6.92 Å². The van der Waals surface area contributed by atoms with Crippen LogP contribution in [-0.4, -0.2) is 16.8 Å². The molecule has 0 aromatic heterocycles. The predicted molar refractivity (Wildman–Crippen MR) is 75.3 cm³/mol. The molecular formula is C13H11NO3S2. The molecule has 1 aliphatic rings. The average Bonchev–Trinajstić information content (AvgIpc) is 2.36. The van der Waals surface area contributed by atoms with E-state index < -0.39 is 22.7 Å². The molecule has 1 aromatic carbocycles. The van der Waals surface area contributed by atoms with E-state index in [0.29, 0.717) is 4.91 Å². The Morgan fingerprint density at radius 3 is 2.58 bits per heavy atom. The van der Waals surface area contributed by atoms with Crippen LogP contribution in [-0.2, 0) is 14.4 Å². The van der Waals surface area contributed by atoms with Crippen molar-refractivity contribution in [2.45, 2.75) is 11.8 Å². The van der Waals surface area contributed by atoms with E-state index in [-0.39, 0.29) is 0 Å². The number of carbonyl (C=O) groups is 3. The molecule has 0 saturated carbocycles. The highest BCUT2D eigenvalue weighted by Crippen LogP contribution is 2.27. The number of hydrogen-bond donors (Lipinski definition) is 1. The van der Waals surface area contributed by atoms with Gasteiger partial charge >= 0.3 is 0 Å². The molecule has 1 heterocycles. The molecule has 1 N–H and O–H groups in total. The molecule has 19 heavy (non-hydrogen) atoms. The topological polar surface area (TPSA) is 63.2 Å². The zero-order valence-corrected chi connectivity index (χ0v) is 11.7. The first kappa shape index (κ1) is 13.9. The number of thioether (sulfide) groups is 1. The summed E-state index contributed by atoms with van der Waals surface area (Å²) in [5.41, 5.74) is 0. The first-order chi connectivity index (χ1) is 9.08. The zero-order valence-electron chi connectivity index (χ0n) is 10.1. The summed E-state index contributed by atoms with van der Waals surface area (Å²) in [5, 5.41) is -0.420. The van der Waals surface area contributed by atoms with Gasteiger partial charge in [0.2, 0.25) is 11.0 Å². The Morgan fingerprint density at radius 2 is 1.95 bits per heavy atom. The number of nitrogens with one attached hydrogen (secondary N) is 1. The maximum absolute atomic E-state index is 11.9. The van der Waals surface area contributed by atoms with Crippen molar-refractivity contribution in [2.24, 2.45) is 5.92 Å². The fraction of sp³-hybridized carbons (Fsp3) is 0.154. The van der Waals surface area contributed by atoms with Crippen LogP contribution in [0, 0.1) is 5.92 Å². The molecule has 4 nitrogen and oxygen atoms in total. The van der Waals surface area contributed by atoms with Crippen molar-refractivity contribution in [3.63, 3.8) is 0 Å². The lowest BCUT2D eigenvalue weighted by Crippen LogP contribution is -2.37. The van der Waals surface area contributed by atoms with Gasteiger partial charge in [0, 0.05) is 4.90 Å². The van der Waals surface area contributed by atoms with E-state index in [1.165, 1.54) is 6.08 Å². The van der Waals surface area contributed by atoms with Gasteiger partial charge in [-0.05, 0) is 42.0 Å². The summed E-state index contributed by atoms with van der Waals surface area (Å²) in [6.07, 6.45) is 1.34. The van der Waals surface area contributed by atoms with Crippen molar-refractivity contribution >= 4 is 40.5 Å². The summed E-state index contributed by atoms with van der Waals surface area (Å²) in [4.78, 5) is 36.7. The second-order valence-corrected chi connectivity index (χ2v) is 6.02. The number of amides is 1. The van der Waals surface area contributed by atoms with Gasteiger partial charge in [0.15, 0.2) is 11.7 Å². The van der Waals surface area contributed by atoms with Gasteiger partial charge in [0.25, 0.3) is 0 Å². The minimum absolute atomic E-state index is 0.420. The molecule has 1 aromatic rings. The van der Waals surface area contributed by atoms with Gasteiger partial charge in [-0.3, -0.25) is 19.1 Å². The molecule has 0 saturated heterocycles. The Kier molecular flexibility index (Phi) is 4.44. The van der Waals surface area contributed by atoms with Crippen molar-refractivity contribution in [3.05, 3.63) is 41.3 Å². The lowest BCUT2D eigenvalue weighted by Gasteiger charge is -2.16. The highest BCUT2D eigenvalue weighted by molar-refractivity contribution is 8.17. The minimum Gasteiger partial charge on any atom is -0.295 e. The third kappa shape index (κ3) is 3.48. The van der Waals surface area contributed by atoms with E-state index in [1.54, 1.807) is 6.92 Å². The monoisotopic (exact) mass is 293 g/mol. The molecule has 0 aliphatic carbocycles. The Morgan fingerprint density at radius 1 is 1.26 bits per heavy atom. The summed E-state index contributed by atoms with van der Waals surface area (Å²) in [5.74, 6) is -2.25. The maximum atomic E-state index is 11.9. The summed E-state index contributed by atoms with van der Waals surface area (Å²) in [6, 6.07) is 9.20. The van der Waals surface area contributed by atoms with E-state index >= 15 is 0 Å². The van der Waals surface area contributed by atoms with E-state index in [0.717, 1.165) is 28.6 Å². The van der Waals surface area contributed by atoms with Crippen LogP contribution in [0.2, 0.25) is 0 Å². The number of rotatable bonds is 3. The van der Waals surface area contributed by atoms with Crippen LogP contribution in [0.3, 0.4) is 0 Å². The lowest BCUT2D eigenvalue weighted by molar-refractivity contribution is -0.135. The molecule has 1 amide bonds. The average molecular weight is 293 g/mol. The molecule has 1 unspecified atom stereocenters. The van der Waals surface area contributed by atoms with Gasteiger partial charge in [-0.15, -0.1) is 0 Å². The van der Waals surface area contributed by atoms with Crippen molar-refractivity contribution in [2.75, 3.05) is 0 Å². The number of ketones is 1. The van der Waals surface area contributed by atoms with Crippen LogP contribution in [0.15, 0.2) is 46.2 Å². The quantitative estimate of drug-likeness (QED) is 0.683. The van der Waals surface area contributed by atoms with E-state index in [9.17, 15) is 14.4 Å². The zero-order chi connectivity index (χ0) is 13.8. The number of benzene rings is 1. The van der Waals surface area contributed by atoms with Crippen molar-refractivity contribution in [1.82, 2.24) is 4.72 Å². The fourth-order valence-electron chi connectivity index (χ4n) is 1.54. The minimum atomic E-state index is -1.23. The molecule has 1 aliphatic heterocycles. The van der Waals surface area contributed by atoms with Gasteiger partial charge in [-0.1, -0.05) is 30.0 Å². The Balaban J connectivity index is 2.01. The molecule has 98 valence electrons. The molecule has 2 rings (SSSR count). The molecular weight excluding hydrogens is 282 g/mol. The molecule has 6 heteroatoms. The third-order valence-corrected chi connectivity index (χ3v) is 4.09. The van der Waals surface area contributed by atoms with E-state index in [2.05, 4.69) is 4.72 Å². The largest absolute Gasteiger partial charge is 0.295 e. The summed E-state index contributed by atoms with van der Waals surface area (Å²) in [6.45, 7) is 1.67. The van der Waals surface area contributed by atoms with Gasteiger partial charge in [0.1, 0.15) is 0 Å². The Hall–Kier alpha value is -1.53. The van der Waals surface area contributed by atoms with Crippen LogP contribution in [0.5, 0.6) is 0 Å². The molecule has 1 atom stereocenters. The van der Waals surface area contributed by atoms with Crippen LogP contribution >= 0.6 is 23.7 Å². The van der Waals surface area contributed by atoms with Gasteiger partial charge < -0.3 is 0 Å². The number of carbonyl (C=O) groups excluding carboxylic acids is 3. The predicted octanol–water partition coefficient (Wildman–Crippen LogP) is 2.17.